The van der Waals surface area contributed by atoms with Gasteiger partial charge in [0.1, 0.15) is 17.4 Å². The van der Waals surface area contributed by atoms with Crippen LogP contribution in [0.3, 0.4) is 0 Å². The number of nitrogens with zero attached hydrogens (tertiary/aromatic N) is 4. The Bertz CT molecular complexity index is 1010. The van der Waals surface area contributed by atoms with E-state index in [9.17, 15) is 0 Å². The molecule has 4 rings (SSSR count). The van der Waals surface area contributed by atoms with Gasteiger partial charge in [-0.2, -0.15) is 0 Å². The highest BCUT2D eigenvalue weighted by molar-refractivity contribution is 5.84. The summed E-state index contributed by atoms with van der Waals surface area (Å²) in [4.78, 5) is 13.4. The molecule has 0 bridgehead atoms. The molecule has 0 aliphatic heterocycles. The normalized spacial score (nSPS) is 11.3. The van der Waals surface area contributed by atoms with E-state index in [2.05, 4.69) is 48.2 Å². The summed E-state index contributed by atoms with van der Waals surface area (Å²) in [6.07, 6.45) is 5.35. The van der Waals surface area contributed by atoms with Gasteiger partial charge in [0.25, 0.3) is 0 Å². The van der Waals surface area contributed by atoms with Gasteiger partial charge >= 0.3 is 0 Å². The smallest absolute Gasteiger partial charge is 0.164 e. The van der Waals surface area contributed by atoms with Crippen molar-refractivity contribution in [2.24, 2.45) is 0 Å². The van der Waals surface area contributed by atoms with Crippen molar-refractivity contribution in [1.82, 2.24) is 19.4 Å². The molecule has 1 N–H and O–H groups in total. The maximum Gasteiger partial charge on any atom is 0.164 e. The van der Waals surface area contributed by atoms with Crippen molar-refractivity contribution in [3.8, 4) is 0 Å². The summed E-state index contributed by atoms with van der Waals surface area (Å²) in [7, 11) is 0. The quantitative estimate of drug-likeness (QED) is 0.609. The number of aromatic nitrogens is 4. The van der Waals surface area contributed by atoms with Crippen LogP contribution >= 0.6 is 0 Å². The lowest BCUT2D eigenvalue weighted by atomic mass is 10.1. The van der Waals surface area contributed by atoms with Crippen LogP contribution in [0.2, 0.25) is 0 Å². The first kappa shape index (κ1) is 13.7. The Morgan fingerprint density at radius 2 is 1.87 bits per heavy atom. The lowest BCUT2D eigenvalue weighted by molar-refractivity contribution is 1.14. The van der Waals surface area contributed by atoms with Crippen LogP contribution in [0.1, 0.15) is 16.7 Å². The molecule has 5 heteroatoms. The standard InChI is InChI=1S/C18H17N5/c1-11-7-12(2)16(13(3)8-11)22-17-15-9-19-10-23(15)18-14(21-17)5-4-6-20-18/h4-10H,1-3H3,(H,21,22). The van der Waals surface area contributed by atoms with E-state index in [1.165, 1.54) is 16.7 Å². The monoisotopic (exact) mass is 303 g/mol. The van der Waals surface area contributed by atoms with Gasteiger partial charge in [0.15, 0.2) is 11.5 Å². The number of pyridine rings is 1. The average molecular weight is 303 g/mol. The largest absolute Gasteiger partial charge is 0.338 e. The summed E-state index contributed by atoms with van der Waals surface area (Å²) in [5.74, 6) is 0.790. The zero-order valence-corrected chi connectivity index (χ0v) is 13.3. The number of hydrogen-bond acceptors (Lipinski definition) is 4. The Morgan fingerprint density at radius 1 is 1.09 bits per heavy atom. The Kier molecular flexibility index (Phi) is 3.01. The zero-order valence-electron chi connectivity index (χ0n) is 13.3. The number of benzene rings is 1. The van der Waals surface area contributed by atoms with Crippen LogP contribution in [0.4, 0.5) is 11.5 Å². The molecule has 3 aromatic heterocycles. The molecule has 0 aliphatic rings. The molecule has 0 saturated heterocycles. The first-order valence-corrected chi connectivity index (χ1v) is 7.55. The van der Waals surface area contributed by atoms with Crippen molar-refractivity contribution in [3.05, 3.63) is 59.7 Å². The van der Waals surface area contributed by atoms with Crippen molar-refractivity contribution in [1.29, 1.82) is 0 Å². The molecule has 0 aliphatic carbocycles. The molecule has 1 aromatic carbocycles. The second kappa shape index (κ2) is 5.05. The third-order valence-corrected chi connectivity index (χ3v) is 4.03. The van der Waals surface area contributed by atoms with Gasteiger partial charge < -0.3 is 5.32 Å². The fraction of sp³-hybridized carbons (Fsp3) is 0.167. The van der Waals surface area contributed by atoms with Gasteiger partial charge in [0, 0.05) is 11.9 Å². The lowest BCUT2D eigenvalue weighted by Crippen LogP contribution is -2.03. The average Bonchev–Trinajstić information content (AvgIpc) is 3.00. The minimum Gasteiger partial charge on any atom is -0.338 e. The lowest BCUT2D eigenvalue weighted by Gasteiger charge is -2.14. The van der Waals surface area contributed by atoms with Crippen molar-refractivity contribution in [2.45, 2.75) is 20.8 Å². The summed E-state index contributed by atoms with van der Waals surface area (Å²) in [5.41, 5.74) is 7.31. The maximum atomic E-state index is 4.74. The molecule has 114 valence electrons. The molecule has 0 saturated carbocycles. The fourth-order valence-electron chi connectivity index (χ4n) is 3.07. The Morgan fingerprint density at radius 3 is 2.65 bits per heavy atom. The van der Waals surface area contributed by atoms with Gasteiger partial charge in [-0.3, -0.25) is 4.40 Å². The van der Waals surface area contributed by atoms with Crippen molar-refractivity contribution >= 4 is 28.2 Å². The summed E-state index contributed by atoms with van der Waals surface area (Å²) < 4.78 is 1.96. The highest BCUT2D eigenvalue weighted by atomic mass is 15.1. The topological polar surface area (TPSA) is 55.1 Å². The SMILES string of the molecule is Cc1cc(C)c(Nc2nc3cccnc3n3cncc23)c(C)c1. The highest BCUT2D eigenvalue weighted by Crippen LogP contribution is 2.28. The molecule has 0 atom stereocenters. The number of fused-ring (bicyclic) bond motifs is 3. The van der Waals surface area contributed by atoms with E-state index in [0.29, 0.717) is 0 Å². The van der Waals surface area contributed by atoms with Crippen LogP contribution in [-0.4, -0.2) is 19.4 Å². The van der Waals surface area contributed by atoms with E-state index in [1.54, 1.807) is 12.5 Å². The second-order valence-electron chi connectivity index (χ2n) is 5.85. The van der Waals surface area contributed by atoms with Gasteiger partial charge in [0.05, 0.1) is 6.20 Å². The Hall–Kier alpha value is -2.95. The van der Waals surface area contributed by atoms with E-state index >= 15 is 0 Å². The van der Waals surface area contributed by atoms with Crippen molar-refractivity contribution in [3.63, 3.8) is 0 Å². The van der Waals surface area contributed by atoms with Crippen LogP contribution < -0.4 is 5.32 Å². The molecule has 0 spiro atoms. The summed E-state index contributed by atoms with van der Waals surface area (Å²) in [5, 5.41) is 3.49. The van der Waals surface area contributed by atoms with E-state index in [1.807, 2.05) is 22.7 Å². The minimum atomic E-state index is 0.790. The number of aryl methyl sites for hydroxylation is 3. The summed E-state index contributed by atoms with van der Waals surface area (Å²) in [6, 6.07) is 8.20. The van der Waals surface area contributed by atoms with Crippen LogP contribution in [0, 0.1) is 20.8 Å². The first-order chi connectivity index (χ1) is 11.1. The summed E-state index contributed by atoms with van der Waals surface area (Å²) >= 11 is 0. The zero-order chi connectivity index (χ0) is 16.0. The molecule has 0 fully saturated rings. The second-order valence-corrected chi connectivity index (χ2v) is 5.85. The highest BCUT2D eigenvalue weighted by Gasteiger charge is 2.12. The van der Waals surface area contributed by atoms with Gasteiger partial charge in [-0.15, -0.1) is 0 Å². The van der Waals surface area contributed by atoms with Gasteiger partial charge in [-0.25, -0.2) is 15.0 Å². The van der Waals surface area contributed by atoms with E-state index < -0.39 is 0 Å². The van der Waals surface area contributed by atoms with Crippen LogP contribution in [0.15, 0.2) is 43.0 Å². The Labute approximate surface area is 134 Å². The van der Waals surface area contributed by atoms with E-state index in [-0.39, 0.29) is 0 Å². The molecule has 0 amide bonds. The third-order valence-electron chi connectivity index (χ3n) is 4.03. The molecule has 0 unspecified atom stereocenters. The number of rotatable bonds is 2. The van der Waals surface area contributed by atoms with Gasteiger partial charge in [-0.1, -0.05) is 17.7 Å². The van der Waals surface area contributed by atoms with Crippen LogP contribution in [-0.2, 0) is 0 Å². The molecule has 23 heavy (non-hydrogen) atoms. The van der Waals surface area contributed by atoms with Gasteiger partial charge in [0.2, 0.25) is 0 Å². The third kappa shape index (κ3) is 2.21. The minimum absolute atomic E-state index is 0.790. The van der Waals surface area contributed by atoms with E-state index in [0.717, 1.165) is 28.2 Å². The molecular formula is C18H17N5. The predicted molar refractivity (Wildman–Crippen MR) is 92.2 cm³/mol. The van der Waals surface area contributed by atoms with E-state index in [4.69, 9.17) is 4.98 Å². The number of imidazole rings is 1. The number of nitrogens with one attached hydrogen (secondary N) is 1. The first-order valence-electron chi connectivity index (χ1n) is 7.55. The predicted octanol–water partition coefficient (Wildman–Crippen LogP) is 3.95. The summed E-state index contributed by atoms with van der Waals surface area (Å²) in [6.45, 7) is 6.33. The molecule has 0 radical (unpaired) electrons. The maximum absolute atomic E-state index is 4.74. The van der Waals surface area contributed by atoms with Crippen LogP contribution in [0.25, 0.3) is 16.7 Å². The molecule has 4 aromatic rings. The fourth-order valence-corrected chi connectivity index (χ4v) is 3.07. The molecular weight excluding hydrogens is 286 g/mol. The van der Waals surface area contributed by atoms with Crippen molar-refractivity contribution < 1.29 is 0 Å². The Balaban J connectivity index is 1.93. The van der Waals surface area contributed by atoms with Crippen LogP contribution in [0.5, 0.6) is 0 Å². The number of hydrogen-bond donors (Lipinski definition) is 1. The van der Waals surface area contributed by atoms with Crippen molar-refractivity contribution in [2.75, 3.05) is 5.32 Å². The van der Waals surface area contributed by atoms with Gasteiger partial charge in [-0.05, 0) is 44.0 Å². The number of anilines is 2. The molecule has 3 heterocycles. The molecule has 5 nitrogen and oxygen atoms in total.